The first kappa shape index (κ1) is 14.3. The maximum atomic E-state index is 12.2. The molecule has 0 aromatic rings. The van der Waals surface area contributed by atoms with E-state index < -0.39 is 12.1 Å². The first-order chi connectivity index (χ1) is 9.81. The molecule has 3 atom stereocenters. The van der Waals surface area contributed by atoms with Crippen molar-refractivity contribution in [2.24, 2.45) is 11.3 Å². The first-order valence-electron chi connectivity index (χ1n) is 7.40. The number of nitrogens with one attached hydrogen (secondary N) is 1. The number of fused-ring (bicyclic) bond motifs is 2. The summed E-state index contributed by atoms with van der Waals surface area (Å²) in [5.74, 6) is -0.211. The summed E-state index contributed by atoms with van der Waals surface area (Å²) in [7, 11) is 0. The van der Waals surface area contributed by atoms with Crippen LogP contribution in [0.1, 0.15) is 33.1 Å². The van der Waals surface area contributed by atoms with Gasteiger partial charge in [0.2, 0.25) is 5.91 Å². The van der Waals surface area contributed by atoms with Crippen molar-refractivity contribution in [3.63, 3.8) is 0 Å². The van der Waals surface area contributed by atoms with Crippen LogP contribution in [0, 0.1) is 11.3 Å². The number of Topliss-reactive ketones (excluding diaryl/α,β-unsaturated/α-hetero) is 1. The van der Waals surface area contributed by atoms with Crippen molar-refractivity contribution in [1.82, 2.24) is 15.3 Å². The van der Waals surface area contributed by atoms with Gasteiger partial charge in [-0.05, 0) is 24.7 Å². The van der Waals surface area contributed by atoms with Gasteiger partial charge in [0.1, 0.15) is 6.04 Å². The number of rotatable bonds is 4. The summed E-state index contributed by atoms with van der Waals surface area (Å²) in [6.07, 6.45) is 1.99. The maximum absolute atomic E-state index is 12.2. The molecular formula is C14H21N3O4. The summed E-state index contributed by atoms with van der Waals surface area (Å²) in [6.45, 7) is 4.48. The summed E-state index contributed by atoms with van der Waals surface area (Å²) < 4.78 is 0. The SMILES string of the molecule is CC1(C)CC1C(=O)CNC(=O)[C@@H]1CC[C@@H]2CN1C(=O)N2O. The molecule has 0 aromatic heterocycles. The van der Waals surface area contributed by atoms with E-state index in [4.69, 9.17) is 0 Å². The van der Waals surface area contributed by atoms with Gasteiger partial charge < -0.3 is 10.2 Å². The van der Waals surface area contributed by atoms with Gasteiger partial charge in [-0.15, -0.1) is 0 Å². The van der Waals surface area contributed by atoms with Crippen LogP contribution in [0.15, 0.2) is 0 Å². The summed E-state index contributed by atoms with van der Waals surface area (Å²) >= 11 is 0. The highest BCUT2D eigenvalue weighted by Crippen LogP contribution is 2.51. The highest BCUT2D eigenvalue weighted by atomic mass is 16.5. The molecule has 0 spiro atoms. The fraction of sp³-hybridized carbons (Fsp3) is 0.786. The zero-order valence-electron chi connectivity index (χ0n) is 12.3. The fourth-order valence-corrected chi connectivity index (χ4v) is 3.36. The van der Waals surface area contributed by atoms with E-state index in [9.17, 15) is 19.6 Å². The third-order valence-electron chi connectivity index (χ3n) is 4.99. The molecule has 2 aliphatic heterocycles. The van der Waals surface area contributed by atoms with E-state index in [2.05, 4.69) is 5.32 Å². The van der Waals surface area contributed by atoms with E-state index in [1.54, 1.807) is 0 Å². The predicted molar refractivity (Wildman–Crippen MR) is 72.4 cm³/mol. The van der Waals surface area contributed by atoms with Crippen LogP contribution in [0.4, 0.5) is 4.79 Å². The largest absolute Gasteiger partial charge is 0.347 e. The third kappa shape index (κ3) is 2.39. The Hall–Kier alpha value is -1.63. The van der Waals surface area contributed by atoms with Gasteiger partial charge in [0.15, 0.2) is 5.78 Å². The van der Waals surface area contributed by atoms with Crippen molar-refractivity contribution in [2.75, 3.05) is 13.1 Å². The Morgan fingerprint density at radius 2 is 2.05 bits per heavy atom. The van der Waals surface area contributed by atoms with E-state index in [0.29, 0.717) is 24.4 Å². The van der Waals surface area contributed by atoms with Crippen LogP contribution in [0.5, 0.6) is 0 Å². The minimum atomic E-state index is -0.578. The lowest BCUT2D eigenvalue weighted by Gasteiger charge is -2.29. The van der Waals surface area contributed by atoms with Crippen LogP contribution >= 0.6 is 0 Å². The average molecular weight is 295 g/mol. The van der Waals surface area contributed by atoms with Gasteiger partial charge in [0.25, 0.3) is 0 Å². The molecule has 21 heavy (non-hydrogen) atoms. The molecule has 0 radical (unpaired) electrons. The quantitative estimate of drug-likeness (QED) is 0.734. The number of hydrogen-bond donors (Lipinski definition) is 2. The zero-order chi connectivity index (χ0) is 15.4. The molecule has 1 aliphatic carbocycles. The van der Waals surface area contributed by atoms with E-state index in [1.807, 2.05) is 13.8 Å². The highest BCUT2D eigenvalue weighted by Gasteiger charge is 2.50. The number of piperidine rings is 1. The Bertz CT molecular complexity index is 504. The van der Waals surface area contributed by atoms with E-state index in [-0.39, 0.29) is 35.6 Å². The van der Waals surface area contributed by atoms with Gasteiger partial charge in [-0.2, -0.15) is 0 Å². The summed E-state index contributed by atoms with van der Waals surface area (Å²) in [4.78, 5) is 37.3. The Morgan fingerprint density at radius 1 is 1.38 bits per heavy atom. The topological polar surface area (TPSA) is 90.0 Å². The molecule has 116 valence electrons. The van der Waals surface area contributed by atoms with Gasteiger partial charge in [-0.25, -0.2) is 9.86 Å². The van der Waals surface area contributed by atoms with Crippen LogP contribution in [0.3, 0.4) is 0 Å². The first-order valence-corrected chi connectivity index (χ1v) is 7.40. The molecule has 1 saturated carbocycles. The van der Waals surface area contributed by atoms with Crippen molar-refractivity contribution in [3.05, 3.63) is 0 Å². The maximum Gasteiger partial charge on any atom is 0.344 e. The molecule has 2 N–H and O–H groups in total. The molecule has 3 aliphatic rings. The number of nitrogens with zero attached hydrogens (tertiary/aromatic N) is 2. The Morgan fingerprint density at radius 3 is 2.67 bits per heavy atom. The molecule has 2 heterocycles. The van der Waals surface area contributed by atoms with E-state index in [0.717, 1.165) is 6.42 Å². The molecule has 3 amide bonds. The minimum Gasteiger partial charge on any atom is -0.347 e. The monoisotopic (exact) mass is 295 g/mol. The molecule has 2 bridgehead atoms. The fourth-order valence-electron chi connectivity index (χ4n) is 3.36. The lowest BCUT2D eigenvalue weighted by atomic mass is 10.00. The molecule has 3 rings (SSSR count). The van der Waals surface area contributed by atoms with Gasteiger partial charge in [0, 0.05) is 12.5 Å². The molecular weight excluding hydrogens is 274 g/mol. The number of carbonyl (C=O) groups is 3. The Labute approximate surface area is 123 Å². The Balaban J connectivity index is 1.54. The van der Waals surface area contributed by atoms with Crippen molar-refractivity contribution in [3.8, 4) is 0 Å². The van der Waals surface area contributed by atoms with Crippen LogP contribution in [0.25, 0.3) is 0 Å². The lowest BCUT2D eigenvalue weighted by Crippen LogP contribution is -2.50. The van der Waals surface area contributed by atoms with Crippen LogP contribution < -0.4 is 5.32 Å². The number of carbonyl (C=O) groups excluding carboxylic acids is 3. The standard InChI is InChI=1S/C14H21N3O4/c1-14(2)5-9(14)11(18)6-15-12(19)10-4-3-8-7-16(10)13(20)17(8)21/h8-10,21H,3-7H2,1-2H3,(H,15,19)/t8-,9?,10+/m1/s1. The number of hydroxylamine groups is 2. The third-order valence-corrected chi connectivity index (χ3v) is 4.99. The van der Waals surface area contributed by atoms with Crippen LogP contribution in [-0.4, -0.2) is 58.1 Å². The van der Waals surface area contributed by atoms with E-state index in [1.165, 1.54) is 4.90 Å². The zero-order valence-corrected chi connectivity index (χ0v) is 12.3. The molecule has 7 nitrogen and oxygen atoms in total. The minimum absolute atomic E-state index is 0.0255. The second kappa shape index (κ2) is 4.69. The molecule has 0 aromatic carbocycles. The van der Waals surface area contributed by atoms with Crippen molar-refractivity contribution in [2.45, 2.75) is 45.2 Å². The van der Waals surface area contributed by atoms with Crippen LogP contribution in [-0.2, 0) is 9.59 Å². The van der Waals surface area contributed by atoms with Crippen molar-refractivity contribution < 1.29 is 19.6 Å². The number of amides is 3. The van der Waals surface area contributed by atoms with Crippen molar-refractivity contribution in [1.29, 1.82) is 0 Å². The van der Waals surface area contributed by atoms with Gasteiger partial charge in [0.05, 0.1) is 12.6 Å². The highest BCUT2D eigenvalue weighted by molar-refractivity contribution is 5.93. The Kier molecular flexibility index (Phi) is 3.20. The van der Waals surface area contributed by atoms with Gasteiger partial charge in [-0.3, -0.25) is 14.8 Å². The normalized spacial score (nSPS) is 33.1. The molecule has 1 unspecified atom stereocenters. The van der Waals surface area contributed by atoms with Gasteiger partial charge in [-0.1, -0.05) is 13.8 Å². The second-order valence-corrected chi connectivity index (χ2v) is 6.96. The van der Waals surface area contributed by atoms with Crippen molar-refractivity contribution >= 4 is 17.7 Å². The smallest absolute Gasteiger partial charge is 0.344 e. The summed E-state index contributed by atoms with van der Waals surface area (Å²) in [5, 5.41) is 12.9. The summed E-state index contributed by atoms with van der Waals surface area (Å²) in [5.41, 5.74) is 0.0577. The number of urea groups is 1. The molecule has 2 saturated heterocycles. The van der Waals surface area contributed by atoms with Crippen LogP contribution in [0.2, 0.25) is 0 Å². The molecule has 3 fully saturated rings. The predicted octanol–water partition coefficient (Wildman–Crippen LogP) is 0.376. The number of ketones is 1. The lowest BCUT2D eigenvalue weighted by molar-refractivity contribution is -0.129. The summed E-state index contributed by atoms with van der Waals surface area (Å²) in [6, 6.07) is -1.31. The molecule has 7 heteroatoms. The number of hydrogen-bond acceptors (Lipinski definition) is 4. The second-order valence-electron chi connectivity index (χ2n) is 6.96. The van der Waals surface area contributed by atoms with Gasteiger partial charge >= 0.3 is 6.03 Å². The average Bonchev–Trinajstić information content (AvgIpc) is 3.05. The van der Waals surface area contributed by atoms with E-state index >= 15 is 0 Å².